The van der Waals surface area contributed by atoms with E-state index >= 15 is 0 Å². The van der Waals surface area contributed by atoms with E-state index in [1.807, 2.05) is 19.1 Å². The molecule has 0 saturated carbocycles. The SMILES string of the molecule is CC1(Cc2cccc(Cl)c2Cl)Cc2cc(C(=O)N(CC(=O)O)Cc3ccc(Cl)cc3)ccc2O1. The van der Waals surface area contributed by atoms with Crippen LogP contribution in [-0.2, 0) is 24.2 Å². The highest BCUT2D eigenvalue weighted by molar-refractivity contribution is 6.42. The normalized spacial score (nSPS) is 16.6. The number of rotatable bonds is 7. The van der Waals surface area contributed by atoms with E-state index in [0.717, 1.165) is 16.7 Å². The third kappa shape index (κ3) is 5.49. The molecule has 5 nitrogen and oxygen atoms in total. The summed E-state index contributed by atoms with van der Waals surface area (Å²) in [5.41, 5.74) is 2.41. The molecule has 34 heavy (non-hydrogen) atoms. The summed E-state index contributed by atoms with van der Waals surface area (Å²) >= 11 is 18.5. The molecule has 1 aliphatic heterocycles. The van der Waals surface area contributed by atoms with Crippen LogP contribution in [0.4, 0.5) is 0 Å². The number of aliphatic carboxylic acids is 1. The van der Waals surface area contributed by atoms with Crippen molar-refractivity contribution in [2.24, 2.45) is 0 Å². The second-order valence-corrected chi connectivity index (χ2v) is 9.84. The van der Waals surface area contributed by atoms with E-state index in [2.05, 4.69) is 0 Å². The lowest BCUT2D eigenvalue weighted by Crippen LogP contribution is -2.35. The smallest absolute Gasteiger partial charge is 0.323 e. The zero-order valence-corrected chi connectivity index (χ0v) is 20.6. The van der Waals surface area contributed by atoms with Crippen molar-refractivity contribution in [3.05, 3.63) is 98.0 Å². The Morgan fingerprint density at radius 2 is 1.79 bits per heavy atom. The Hall–Kier alpha value is -2.73. The molecule has 1 unspecified atom stereocenters. The molecule has 0 fully saturated rings. The van der Waals surface area contributed by atoms with E-state index in [1.165, 1.54) is 4.90 Å². The Kier molecular flexibility index (Phi) is 7.08. The van der Waals surface area contributed by atoms with E-state index in [4.69, 9.17) is 39.5 Å². The molecule has 0 bridgehead atoms. The number of carboxylic acid groups (broad SMARTS) is 1. The molecule has 1 amide bonds. The van der Waals surface area contributed by atoms with Crippen molar-refractivity contribution in [1.29, 1.82) is 0 Å². The van der Waals surface area contributed by atoms with Gasteiger partial charge in [-0.15, -0.1) is 0 Å². The molecule has 0 radical (unpaired) electrons. The van der Waals surface area contributed by atoms with Crippen LogP contribution in [0, 0.1) is 0 Å². The fourth-order valence-corrected chi connectivity index (χ4v) is 4.71. The van der Waals surface area contributed by atoms with Crippen LogP contribution in [0.3, 0.4) is 0 Å². The molecule has 0 aliphatic carbocycles. The first-order valence-electron chi connectivity index (χ1n) is 10.6. The van der Waals surface area contributed by atoms with Gasteiger partial charge in [0, 0.05) is 30.0 Å². The van der Waals surface area contributed by atoms with E-state index < -0.39 is 18.1 Å². The van der Waals surface area contributed by atoms with Crippen molar-refractivity contribution in [2.75, 3.05) is 6.54 Å². The van der Waals surface area contributed by atoms with E-state index in [9.17, 15) is 14.7 Å². The van der Waals surface area contributed by atoms with Gasteiger partial charge in [0.15, 0.2) is 0 Å². The molecule has 3 aromatic rings. The van der Waals surface area contributed by atoms with Crippen molar-refractivity contribution in [1.82, 2.24) is 4.90 Å². The fourth-order valence-electron chi connectivity index (χ4n) is 4.20. The van der Waals surface area contributed by atoms with Gasteiger partial charge in [-0.1, -0.05) is 59.1 Å². The van der Waals surface area contributed by atoms with Crippen LogP contribution < -0.4 is 4.74 Å². The molecule has 0 aromatic heterocycles. The first-order chi connectivity index (χ1) is 16.1. The van der Waals surface area contributed by atoms with Gasteiger partial charge in [0.1, 0.15) is 17.9 Å². The molecule has 0 spiro atoms. The monoisotopic (exact) mass is 517 g/mol. The number of hydrogen-bond donors (Lipinski definition) is 1. The summed E-state index contributed by atoms with van der Waals surface area (Å²) in [6, 6.07) is 17.7. The number of carboxylic acids is 1. The molecule has 1 heterocycles. The number of fused-ring (bicyclic) bond motifs is 1. The number of halogens is 3. The third-order valence-electron chi connectivity index (χ3n) is 5.72. The van der Waals surface area contributed by atoms with Gasteiger partial charge in [0.05, 0.1) is 10.0 Å². The van der Waals surface area contributed by atoms with Crippen molar-refractivity contribution in [2.45, 2.75) is 31.9 Å². The van der Waals surface area contributed by atoms with Crippen LogP contribution in [0.2, 0.25) is 15.1 Å². The van der Waals surface area contributed by atoms with E-state index in [-0.39, 0.29) is 12.5 Å². The lowest BCUT2D eigenvalue weighted by atomic mass is 9.91. The first-order valence-corrected chi connectivity index (χ1v) is 11.8. The Balaban J connectivity index is 1.54. The molecule has 1 atom stereocenters. The van der Waals surface area contributed by atoms with Crippen molar-refractivity contribution < 1.29 is 19.4 Å². The van der Waals surface area contributed by atoms with Crippen LogP contribution in [0.1, 0.15) is 34.0 Å². The second-order valence-electron chi connectivity index (χ2n) is 8.62. The number of nitrogens with zero attached hydrogens (tertiary/aromatic N) is 1. The van der Waals surface area contributed by atoms with Crippen molar-refractivity contribution >= 4 is 46.7 Å². The van der Waals surface area contributed by atoms with Crippen LogP contribution in [0.5, 0.6) is 5.75 Å². The summed E-state index contributed by atoms with van der Waals surface area (Å²) in [5.74, 6) is -0.760. The van der Waals surface area contributed by atoms with Crippen LogP contribution in [-0.4, -0.2) is 34.0 Å². The summed E-state index contributed by atoms with van der Waals surface area (Å²) in [4.78, 5) is 26.0. The highest BCUT2D eigenvalue weighted by Gasteiger charge is 2.36. The third-order valence-corrected chi connectivity index (χ3v) is 6.83. The van der Waals surface area contributed by atoms with Crippen molar-refractivity contribution in [3.63, 3.8) is 0 Å². The summed E-state index contributed by atoms with van der Waals surface area (Å²) in [5, 5.41) is 10.9. The van der Waals surface area contributed by atoms with Gasteiger partial charge < -0.3 is 14.7 Å². The van der Waals surface area contributed by atoms with Crippen LogP contribution in [0.25, 0.3) is 0 Å². The summed E-state index contributed by atoms with van der Waals surface area (Å²) in [6.45, 7) is 1.73. The van der Waals surface area contributed by atoms with E-state index in [1.54, 1.807) is 48.5 Å². The van der Waals surface area contributed by atoms with Gasteiger partial charge in [-0.25, -0.2) is 0 Å². The van der Waals surface area contributed by atoms with Gasteiger partial charge >= 0.3 is 5.97 Å². The molecular weight excluding hydrogens is 497 g/mol. The summed E-state index contributed by atoms with van der Waals surface area (Å²) < 4.78 is 6.23. The van der Waals surface area contributed by atoms with Crippen LogP contribution in [0.15, 0.2) is 60.7 Å². The topological polar surface area (TPSA) is 66.8 Å². The molecule has 1 aliphatic rings. The largest absolute Gasteiger partial charge is 0.487 e. The molecule has 1 N–H and O–H groups in total. The van der Waals surface area contributed by atoms with Gasteiger partial charge in [-0.2, -0.15) is 0 Å². The van der Waals surface area contributed by atoms with Gasteiger partial charge in [-0.3, -0.25) is 9.59 Å². The predicted molar refractivity (Wildman–Crippen MR) is 133 cm³/mol. The maximum atomic E-state index is 13.2. The molecule has 4 rings (SSSR count). The van der Waals surface area contributed by atoms with Gasteiger partial charge in [0.25, 0.3) is 5.91 Å². The maximum Gasteiger partial charge on any atom is 0.323 e. The fraction of sp³-hybridized carbons (Fsp3) is 0.231. The number of hydrogen-bond acceptors (Lipinski definition) is 3. The number of carbonyl (C=O) groups excluding carboxylic acids is 1. The molecule has 0 saturated heterocycles. The highest BCUT2D eigenvalue weighted by Crippen LogP contribution is 2.39. The Morgan fingerprint density at radius 3 is 2.50 bits per heavy atom. The standard InChI is InChI=1S/C26H22Cl3NO4/c1-26(12-18-3-2-4-21(28)24(18)29)13-19-11-17(7-10-22(19)34-26)25(33)30(15-23(31)32)14-16-5-8-20(27)9-6-16/h2-11H,12-15H2,1H3,(H,31,32). The quantitative estimate of drug-likeness (QED) is 0.398. The maximum absolute atomic E-state index is 13.2. The molecular formula is C26H22Cl3NO4. The Morgan fingerprint density at radius 1 is 1.06 bits per heavy atom. The zero-order chi connectivity index (χ0) is 24.5. The molecule has 3 aromatic carbocycles. The first kappa shape index (κ1) is 24.4. The minimum Gasteiger partial charge on any atom is -0.487 e. The zero-order valence-electron chi connectivity index (χ0n) is 18.4. The number of carbonyl (C=O) groups is 2. The number of ether oxygens (including phenoxy) is 1. The predicted octanol–water partition coefficient (Wildman–Crippen LogP) is 6.31. The Bertz CT molecular complexity index is 1250. The summed E-state index contributed by atoms with van der Waals surface area (Å²) in [6.07, 6.45) is 1.12. The van der Waals surface area contributed by atoms with E-state index in [0.29, 0.717) is 39.2 Å². The van der Waals surface area contributed by atoms with Crippen LogP contribution >= 0.6 is 34.8 Å². The number of benzene rings is 3. The van der Waals surface area contributed by atoms with Gasteiger partial charge in [-0.05, 0) is 60.0 Å². The molecule has 176 valence electrons. The van der Waals surface area contributed by atoms with Crippen molar-refractivity contribution in [3.8, 4) is 5.75 Å². The lowest BCUT2D eigenvalue weighted by Gasteiger charge is -2.24. The minimum absolute atomic E-state index is 0.154. The number of amides is 1. The highest BCUT2D eigenvalue weighted by atomic mass is 35.5. The summed E-state index contributed by atoms with van der Waals surface area (Å²) in [7, 11) is 0. The Labute approximate surface area is 212 Å². The molecule has 8 heteroatoms. The minimum atomic E-state index is -1.09. The average Bonchev–Trinajstić information content (AvgIpc) is 3.12. The second kappa shape index (κ2) is 9.87. The lowest BCUT2D eigenvalue weighted by molar-refractivity contribution is -0.137. The van der Waals surface area contributed by atoms with Gasteiger partial charge in [0.2, 0.25) is 0 Å². The average molecular weight is 519 g/mol.